The summed E-state index contributed by atoms with van der Waals surface area (Å²) in [6, 6.07) is 10.7. The fraction of sp³-hybridized carbons (Fsp3) is 0.625. The molecule has 0 amide bonds. The molecule has 2 heteroatoms. The molecule has 0 aromatic heterocycles. The van der Waals surface area contributed by atoms with Crippen molar-refractivity contribution in [3.8, 4) is 0 Å². The van der Waals surface area contributed by atoms with Crippen LogP contribution in [-0.2, 0) is 6.54 Å². The summed E-state index contributed by atoms with van der Waals surface area (Å²) in [5.41, 5.74) is 7.61. The molecular formula is C16H28N2. The maximum Gasteiger partial charge on any atom is 0.0330 e. The molecular weight excluding hydrogens is 220 g/mol. The number of benzene rings is 1. The van der Waals surface area contributed by atoms with E-state index in [1.807, 2.05) is 0 Å². The molecule has 0 saturated carbocycles. The van der Waals surface area contributed by atoms with E-state index in [-0.39, 0.29) is 5.54 Å². The van der Waals surface area contributed by atoms with Crippen LogP contribution in [0.4, 0.5) is 0 Å². The zero-order chi connectivity index (χ0) is 13.4. The van der Waals surface area contributed by atoms with Gasteiger partial charge in [-0.25, -0.2) is 0 Å². The molecule has 0 saturated heterocycles. The van der Waals surface area contributed by atoms with Crippen molar-refractivity contribution in [1.82, 2.24) is 4.90 Å². The summed E-state index contributed by atoms with van der Waals surface area (Å²) >= 11 is 0. The summed E-state index contributed by atoms with van der Waals surface area (Å²) in [6.45, 7) is 9.62. The van der Waals surface area contributed by atoms with Crippen molar-refractivity contribution in [2.75, 3.05) is 13.1 Å². The van der Waals surface area contributed by atoms with Gasteiger partial charge >= 0.3 is 0 Å². The molecule has 0 spiro atoms. The van der Waals surface area contributed by atoms with Gasteiger partial charge < -0.3 is 5.73 Å². The molecule has 18 heavy (non-hydrogen) atoms. The smallest absolute Gasteiger partial charge is 0.0330 e. The highest BCUT2D eigenvalue weighted by atomic mass is 15.2. The van der Waals surface area contributed by atoms with E-state index in [1.165, 1.54) is 12.0 Å². The third-order valence-electron chi connectivity index (χ3n) is 4.08. The van der Waals surface area contributed by atoms with Crippen molar-refractivity contribution < 1.29 is 0 Å². The predicted octanol–water partition coefficient (Wildman–Crippen LogP) is 3.42. The summed E-state index contributed by atoms with van der Waals surface area (Å²) in [7, 11) is 0. The lowest BCUT2D eigenvalue weighted by Crippen LogP contribution is -2.53. The van der Waals surface area contributed by atoms with Crippen LogP contribution in [0.1, 0.15) is 45.6 Å². The first-order chi connectivity index (χ1) is 8.72. The van der Waals surface area contributed by atoms with Crippen LogP contribution in [0.15, 0.2) is 30.3 Å². The second kappa shape index (κ2) is 7.55. The first kappa shape index (κ1) is 15.2. The van der Waals surface area contributed by atoms with Gasteiger partial charge in [0.05, 0.1) is 0 Å². The van der Waals surface area contributed by atoms with E-state index in [2.05, 4.69) is 56.0 Å². The largest absolute Gasteiger partial charge is 0.329 e. The number of nitrogens with zero attached hydrogens (tertiary/aromatic N) is 1. The van der Waals surface area contributed by atoms with Gasteiger partial charge in [0.15, 0.2) is 0 Å². The van der Waals surface area contributed by atoms with E-state index in [0.29, 0.717) is 0 Å². The Bertz CT molecular complexity index is 309. The van der Waals surface area contributed by atoms with Gasteiger partial charge in [-0.2, -0.15) is 0 Å². The van der Waals surface area contributed by atoms with Crippen molar-refractivity contribution in [3.63, 3.8) is 0 Å². The molecule has 0 bridgehead atoms. The fourth-order valence-electron chi connectivity index (χ4n) is 2.67. The van der Waals surface area contributed by atoms with Gasteiger partial charge in [-0.3, -0.25) is 4.90 Å². The highest BCUT2D eigenvalue weighted by molar-refractivity contribution is 5.15. The minimum absolute atomic E-state index is 0.159. The minimum atomic E-state index is 0.159. The Morgan fingerprint density at radius 3 is 2.11 bits per heavy atom. The van der Waals surface area contributed by atoms with Gasteiger partial charge in [0.2, 0.25) is 0 Å². The van der Waals surface area contributed by atoms with E-state index < -0.39 is 0 Å². The van der Waals surface area contributed by atoms with Gasteiger partial charge in [0, 0.05) is 18.6 Å². The van der Waals surface area contributed by atoms with E-state index in [0.717, 1.165) is 32.5 Å². The fourth-order valence-corrected chi connectivity index (χ4v) is 2.67. The second-order valence-corrected chi connectivity index (χ2v) is 5.04. The maximum absolute atomic E-state index is 6.07. The molecule has 0 unspecified atom stereocenters. The molecule has 0 aliphatic heterocycles. The minimum Gasteiger partial charge on any atom is -0.329 e. The lowest BCUT2D eigenvalue weighted by Gasteiger charge is -2.42. The molecule has 0 aliphatic rings. The van der Waals surface area contributed by atoms with Crippen molar-refractivity contribution in [3.05, 3.63) is 35.9 Å². The van der Waals surface area contributed by atoms with Crippen molar-refractivity contribution in [1.29, 1.82) is 0 Å². The summed E-state index contributed by atoms with van der Waals surface area (Å²) in [4.78, 5) is 2.57. The normalized spacial score (nSPS) is 12.1. The molecule has 102 valence electrons. The van der Waals surface area contributed by atoms with Gasteiger partial charge in [-0.15, -0.1) is 0 Å². The molecule has 0 radical (unpaired) electrons. The van der Waals surface area contributed by atoms with Gasteiger partial charge in [0.25, 0.3) is 0 Å². The SMILES string of the molecule is CCCN(Cc1ccccc1)C(CC)(CC)CN. The third kappa shape index (κ3) is 3.56. The van der Waals surface area contributed by atoms with Crippen molar-refractivity contribution >= 4 is 0 Å². The standard InChI is InChI=1S/C16H28N2/c1-4-12-18(16(5-2,6-3)14-17)13-15-10-8-7-9-11-15/h7-11H,4-6,12-14,17H2,1-3H3. The van der Waals surface area contributed by atoms with Crippen molar-refractivity contribution in [2.24, 2.45) is 5.73 Å². The molecule has 0 fully saturated rings. The zero-order valence-corrected chi connectivity index (χ0v) is 12.2. The van der Waals surface area contributed by atoms with Gasteiger partial charge in [-0.05, 0) is 31.4 Å². The second-order valence-electron chi connectivity index (χ2n) is 5.04. The van der Waals surface area contributed by atoms with E-state index in [9.17, 15) is 0 Å². The highest BCUT2D eigenvalue weighted by Crippen LogP contribution is 2.25. The van der Waals surface area contributed by atoms with Crippen LogP contribution in [0.25, 0.3) is 0 Å². The lowest BCUT2D eigenvalue weighted by molar-refractivity contribution is 0.0766. The van der Waals surface area contributed by atoms with Crippen LogP contribution in [0.5, 0.6) is 0 Å². The van der Waals surface area contributed by atoms with Crippen LogP contribution < -0.4 is 5.73 Å². The average molecular weight is 248 g/mol. The van der Waals surface area contributed by atoms with E-state index >= 15 is 0 Å². The van der Waals surface area contributed by atoms with Crippen LogP contribution in [0.3, 0.4) is 0 Å². The van der Waals surface area contributed by atoms with E-state index in [4.69, 9.17) is 5.73 Å². The number of rotatable bonds is 8. The summed E-state index contributed by atoms with van der Waals surface area (Å²) in [5.74, 6) is 0. The monoisotopic (exact) mass is 248 g/mol. The van der Waals surface area contributed by atoms with Crippen LogP contribution in [0, 0.1) is 0 Å². The summed E-state index contributed by atoms with van der Waals surface area (Å²) in [5, 5.41) is 0. The first-order valence-corrected chi connectivity index (χ1v) is 7.21. The molecule has 0 aliphatic carbocycles. The Hall–Kier alpha value is -0.860. The summed E-state index contributed by atoms with van der Waals surface area (Å²) in [6.07, 6.45) is 3.41. The zero-order valence-electron chi connectivity index (χ0n) is 12.2. The topological polar surface area (TPSA) is 29.3 Å². The van der Waals surface area contributed by atoms with Crippen LogP contribution in [0.2, 0.25) is 0 Å². The molecule has 1 aromatic carbocycles. The number of hydrogen-bond acceptors (Lipinski definition) is 2. The van der Waals surface area contributed by atoms with Crippen LogP contribution in [-0.4, -0.2) is 23.5 Å². The Labute approximate surface area is 112 Å². The van der Waals surface area contributed by atoms with Crippen LogP contribution >= 0.6 is 0 Å². The number of hydrogen-bond donors (Lipinski definition) is 1. The number of nitrogens with two attached hydrogens (primary N) is 1. The molecule has 2 N–H and O–H groups in total. The maximum atomic E-state index is 6.07. The van der Waals surface area contributed by atoms with Gasteiger partial charge in [0.1, 0.15) is 0 Å². The molecule has 0 atom stereocenters. The average Bonchev–Trinajstić information content (AvgIpc) is 2.43. The third-order valence-corrected chi connectivity index (χ3v) is 4.08. The van der Waals surface area contributed by atoms with Crippen molar-refractivity contribution in [2.45, 2.75) is 52.1 Å². The first-order valence-electron chi connectivity index (χ1n) is 7.21. The Morgan fingerprint density at radius 1 is 1.06 bits per heavy atom. The summed E-state index contributed by atoms with van der Waals surface area (Å²) < 4.78 is 0. The predicted molar refractivity (Wildman–Crippen MR) is 79.5 cm³/mol. The Kier molecular flexibility index (Phi) is 6.37. The quantitative estimate of drug-likeness (QED) is 0.764. The Morgan fingerprint density at radius 2 is 1.67 bits per heavy atom. The molecule has 2 nitrogen and oxygen atoms in total. The lowest BCUT2D eigenvalue weighted by atomic mass is 9.89. The molecule has 1 aromatic rings. The Balaban J connectivity index is 2.87. The highest BCUT2D eigenvalue weighted by Gasteiger charge is 2.31. The molecule has 0 heterocycles. The molecule has 1 rings (SSSR count). The van der Waals surface area contributed by atoms with E-state index in [1.54, 1.807) is 0 Å². The van der Waals surface area contributed by atoms with Gasteiger partial charge in [-0.1, -0.05) is 51.1 Å².